The minimum Gasteiger partial charge on any atom is -0.490 e. The van der Waals surface area contributed by atoms with E-state index in [4.69, 9.17) is 15.2 Å². The molecule has 0 radical (unpaired) electrons. The zero-order valence-electron chi connectivity index (χ0n) is 18.9. The Labute approximate surface area is 211 Å². The van der Waals surface area contributed by atoms with Gasteiger partial charge in [0, 0.05) is 36.0 Å². The Hall–Kier alpha value is -3.38. The molecular weight excluding hydrogens is 549 g/mol. The van der Waals surface area contributed by atoms with Gasteiger partial charge in [0.25, 0.3) is 5.91 Å². The van der Waals surface area contributed by atoms with Crippen LogP contribution in [0.4, 0.5) is 16.2 Å². The highest BCUT2D eigenvalue weighted by Gasteiger charge is 2.12. The van der Waals surface area contributed by atoms with Crippen molar-refractivity contribution in [3.63, 3.8) is 0 Å². The fourth-order valence-electron chi connectivity index (χ4n) is 3.01. The highest BCUT2D eigenvalue weighted by molar-refractivity contribution is 14.1. The molecule has 178 valence electrons. The minimum atomic E-state index is -0.405. The third kappa shape index (κ3) is 6.81. The molecule has 34 heavy (non-hydrogen) atoms. The Balaban J connectivity index is 1.65. The molecule has 0 aliphatic rings. The SMILES string of the molecule is CNC(=O)c1cc(Oc2ccc(NC(=O)Nc3cc(C)c(CI)cc3OCCN)cc2)ccn1. The second-order valence-corrected chi connectivity index (χ2v) is 7.97. The van der Waals surface area contributed by atoms with Crippen molar-refractivity contribution >= 4 is 45.9 Å². The molecule has 10 heteroatoms. The molecule has 3 rings (SSSR count). The summed E-state index contributed by atoms with van der Waals surface area (Å²) in [4.78, 5) is 28.3. The summed E-state index contributed by atoms with van der Waals surface area (Å²) in [5, 5.41) is 8.16. The number of anilines is 2. The fourth-order valence-corrected chi connectivity index (χ4v) is 3.84. The van der Waals surface area contributed by atoms with E-state index in [1.807, 2.05) is 19.1 Å². The summed E-state index contributed by atoms with van der Waals surface area (Å²) < 4.78 is 12.3. The highest BCUT2D eigenvalue weighted by atomic mass is 127. The number of aromatic nitrogens is 1. The average molecular weight is 575 g/mol. The number of urea groups is 1. The van der Waals surface area contributed by atoms with Crippen molar-refractivity contribution in [3.8, 4) is 17.2 Å². The highest BCUT2D eigenvalue weighted by Crippen LogP contribution is 2.30. The van der Waals surface area contributed by atoms with Crippen LogP contribution in [0.1, 0.15) is 21.6 Å². The number of carbonyl (C=O) groups is 2. The normalized spacial score (nSPS) is 10.4. The van der Waals surface area contributed by atoms with Crippen LogP contribution >= 0.6 is 22.6 Å². The number of nitrogens with zero attached hydrogens (tertiary/aromatic N) is 1. The van der Waals surface area contributed by atoms with Gasteiger partial charge in [-0.3, -0.25) is 9.78 Å². The summed E-state index contributed by atoms with van der Waals surface area (Å²) in [6.07, 6.45) is 1.50. The van der Waals surface area contributed by atoms with E-state index < -0.39 is 6.03 Å². The smallest absolute Gasteiger partial charge is 0.323 e. The van der Waals surface area contributed by atoms with Gasteiger partial charge in [0.1, 0.15) is 29.5 Å². The van der Waals surface area contributed by atoms with Gasteiger partial charge in [-0.25, -0.2) is 4.79 Å². The molecule has 0 unspecified atom stereocenters. The van der Waals surface area contributed by atoms with E-state index in [-0.39, 0.29) is 11.6 Å². The van der Waals surface area contributed by atoms with E-state index in [0.717, 1.165) is 15.6 Å². The molecule has 0 saturated carbocycles. The summed E-state index contributed by atoms with van der Waals surface area (Å²) in [7, 11) is 1.54. The van der Waals surface area contributed by atoms with Crippen molar-refractivity contribution in [3.05, 3.63) is 71.5 Å². The number of amides is 3. The topological polar surface area (TPSA) is 128 Å². The van der Waals surface area contributed by atoms with Crippen molar-refractivity contribution in [2.24, 2.45) is 5.73 Å². The lowest BCUT2D eigenvalue weighted by molar-refractivity contribution is 0.0958. The lowest BCUT2D eigenvalue weighted by Gasteiger charge is -2.16. The van der Waals surface area contributed by atoms with Crippen molar-refractivity contribution < 1.29 is 19.1 Å². The van der Waals surface area contributed by atoms with Crippen molar-refractivity contribution in [1.29, 1.82) is 0 Å². The Morgan fingerprint density at radius 1 is 1.06 bits per heavy atom. The van der Waals surface area contributed by atoms with Crippen molar-refractivity contribution in [1.82, 2.24) is 10.3 Å². The first-order chi connectivity index (χ1) is 16.4. The van der Waals surface area contributed by atoms with E-state index in [9.17, 15) is 9.59 Å². The quantitative estimate of drug-likeness (QED) is 0.221. The molecule has 9 nitrogen and oxygen atoms in total. The monoisotopic (exact) mass is 575 g/mol. The lowest BCUT2D eigenvalue weighted by atomic mass is 10.1. The van der Waals surface area contributed by atoms with E-state index >= 15 is 0 Å². The van der Waals surface area contributed by atoms with Crippen LogP contribution in [0.15, 0.2) is 54.7 Å². The molecule has 0 atom stereocenters. The van der Waals surface area contributed by atoms with Crippen LogP contribution in [0.25, 0.3) is 0 Å². The number of pyridine rings is 1. The number of carbonyl (C=O) groups excluding carboxylic acids is 2. The molecule has 3 aromatic rings. The summed E-state index contributed by atoms with van der Waals surface area (Å²) in [5.74, 6) is 1.30. The second kappa shape index (κ2) is 12.2. The number of rotatable bonds is 9. The second-order valence-electron chi connectivity index (χ2n) is 7.21. The van der Waals surface area contributed by atoms with Crippen LogP contribution in [0.2, 0.25) is 0 Å². The van der Waals surface area contributed by atoms with Crippen LogP contribution in [0.3, 0.4) is 0 Å². The van der Waals surface area contributed by atoms with Crippen molar-refractivity contribution in [2.45, 2.75) is 11.4 Å². The van der Waals surface area contributed by atoms with Gasteiger partial charge in [0.15, 0.2) is 0 Å². The summed E-state index contributed by atoms with van der Waals surface area (Å²) in [5.41, 5.74) is 9.15. The molecule has 0 aliphatic heterocycles. The molecule has 3 amide bonds. The summed E-state index contributed by atoms with van der Waals surface area (Å²) in [6.45, 7) is 2.71. The number of hydrogen-bond donors (Lipinski definition) is 4. The maximum atomic E-state index is 12.6. The Kier molecular flexibility index (Phi) is 9.05. The minimum absolute atomic E-state index is 0.256. The third-order valence-electron chi connectivity index (χ3n) is 4.74. The molecule has 0 fully saturated rings. The molecule has 5 N–H and O–H groups in total. The van der Waals surface area contributed by atoms with Crippen LogP contribution in [0, 0.1) is 6.92 Å². The van der Waals surface area contributed by atoms with Crippen LogP contribution in [0.5, 0.6) is 17.2 Å². The lowest BCUT2D eigenvalue weighted by Crippen LogP contribution is -2.20. The number of alkyl halides is 1. The van der Waals surface area contributed by atoms with Gasteiger partial charge in [0.2, 0.25) is 0 Å². The van der Waals surface area contributed by atoms with Crippen LogP contribution in [-0.2, 0) is 4.43 Å². The summed E-state index contributed by atoms with van der Waals surface area (Å²) in [6, 6.07) is 13.5. The van der Waals surface area contributed by atoms with Gasteiger partial charge in [-0.05, 0) is 60.5 Å². The number of ether oxygens (including phenoxy) is 2. The average Bonchev–Trinajstić information content (AvgIpc) is 2.84. The predicted molar refractivity (Wildman–Crippen MR) is 140 cm³/mol. The van der Waals surface area contributed by atoms with Gasteiger partial charge < -0.3 is 31.2 Å². The standard InChI is InChI=1S/C24H26IN5O4/c1-15-11-20(22(33-10-8-26)12-16(15)14-25)30-24(32)29-17-3-5-18(6-4-17)34-19-7-9-28-21(13-19)23(31)27-2/h3-7,9,11-13H,8,10,14,26H2,1-2H3,(H,27,31)(H2,29,30,32). The fraction of sp³-hybridized carbons (Fsp3) is 0.208. The molecule has 1 aromatic heterocycles. The Bertz CT molecular complexity index is 1150. The summed E-state index contributed by atoms with van der Waals surface area (Å²) >= 11 is 2.29. The molecule has 1 heterocycles. The first kappa shape index (κ1) is 25.2. The van der Waals surface area contributed by atoms with Gasteiger partial charge >= 0.3 is 6.03 Å². The number of nitrogens with two attached hydrogens (primary N) is 1. The van der Waals surface area contributed by atoms with E-state index in [1.165, 1.54) is 13.2 Å². The predicted octanol–water partition coefficient (Wildman–Crippen LogP) is 4.46. The first-order valence-electron chi connectivity index (χ1n) is 10.5. The molecule has 0 bridgehead atoms. The Morgan fingerprint density at radius 2 is 1.82 bits per heavy atom. The Morgan fingerprint density at radius 3 is 2.50 bits per heavy atom. The number of aryl methyl sites for hydroxylation is 1. The van der Waals surface area contributed by atoms with E-state index in [2.05, 4.69) is 43.5 Å². The van der Waals surface area contributed by atoms with Crippen LogP contribution < -0.4 is 31.2 Å². The number of nitrogens with one attached hydrogen (secondary N) is 3. The number of hydrogen-bond acceptors (Lipinski definition) is 6. The van der Waals surface area contributed by atoms with E-state index in [0.29, 0.717) is 41.8 Å². The maximum absolute atomic E-state index is 12.6. The van der Waals surface area contributed by atoms with E-state index in [1.54, 1.807) is 36.4 Å². The van der Waals surface area contributed by atoms with Gasteiger partial charge in [-0.1, -0.05) is 22.6 Å². The van der Waals surface area contributed by atoms with Gasteiger partial charge in [-0.2, -0.15) is 0 Å². The molecule has 0 saturated heterocycles. The molecule has 2 aromatic carbocycles. The largest absolute Gasteiger partial charge is 0.490 e. The van der Waals surface area contributed by atoms with Gasteiger partial charge in [-0.15, -0.1) is 0 Å². The van der Waals surface area contributed by atoms with Gasteiger partial charge in [0.05, 0.1) is 5.69 Å². The van der Waals surface area contributed by atoms with Crippen molar-refractivity contribution in [2.75, 3.05) is 30.8 Å². The molecular formula is C24H26IN5O4. The number of halogens is 1. The third-order valence-corrected chi connectivity index (χ3v) is 5.57. The maximum Gasteiger partial charge on any atom is 0.323 e. The molecule has 0 spiro atoms. The zero-order valence-corrected chi connectivity index (χ0v) is 21.0. The molecule has 0 aliphatic carbocycles. The van der Waals surface area contributed by atoms with Crippen LogP contribution in [-0.4, -0.2) is 37.1 Å². The first-order valence-corrected chi connectivity index (χ1v) is 12.0. The zero-order chi connectivity index (χ0) is 24.5. The number of benzene rings is 2.